The minimum atomic E-state index is -0.963. The molecule has 0 fully saturated rings. The summed E-state index contributed by atoms with van der Waals surface area (Å²) in [5.41, 5.74) is 3.23. The zero-order chi connectivity index (χ0) is 13.0. The Morgan fingerprint density at radius 2 is 1.83 bits per heavy atom. The van der Waals surface area contributed by atoms with E-state index in [4.69, 9.17) is 5.11 Å². The maximum Gasteiger partial charge on any atom is 0.328 e. The van der Waals surface area contributed by atoms with Crippen molar-refractivity contribution in [2.45, 2.75) is 6.92 Å². The maximum absolute atomic E-state index is 10.9. The van der Waals surface area contributed by atoms with E-state index in [-0.39, 0.29) is 0 Å². The first-order valence-corrected chi connectivity index (χ1v) is 5.60. The molecule has 1 N–H and O–H groups in total. The number of pyridine rings is 1. The van der Waals surface area contributed by atoms with Gasteiger partial charge in [-0.25, -0.2) is 4.79 Å². The highest BCUT2D eigenvalue weighted by atomic mass is 16.4. The molecule has 0 unspecified atom stereocenters. The van der Waals surface area contributed by atoms with Crippen LogP contribution in [0.3, 0.4) is 0 Å². The van der Waals surface area contributed by atoms with E-state index < -0.39 is 5.97 Å². The quantitative estimate of drug-likeness (QED) is 0.838. The van der Waals surface area contributed by atoms with Crippen LogP contribution in [0.15, 0.2) is 54.7 Å². The van der Waals surface area contributed by atoms with Crippen molar-refractivity contribution in [3.05, 3.63) is 71.6 Å². The van der Waals surface area contributed by atoms with Crippen molar-refractivity contribution in [2.24, 2.45) is 0 Å². The Morgan fingerprint density at radius 3 is 2.39 bits per heavy atom. The lowest BCUT2D eigenvalue weighted by Crippen LogP contribution is -1.95. The van der Waals surface area contributed by atoms with Crippen LogP contribution >= 0.6 is 0 Å². The number of rotatable bonds is 3. The van der Waals surface area contributed by atoms with Gasteiger partial charge in [-0.2, -0.15) is 0 Å². The molecule has 0 saturated carbocycles. The fourth-order valence-corrected chi connectivity index (χ4v) is 1.70. The van der Waals surface area contributed by atoms with Crippen molar-refractivity contribution in [3.63, 3.8) is 0 Å². The van der Waals surface area contributed by atoms with E-state index in [1.165, 1.54) is 6.08 Å². The summed E-state index contributed by atoms with van der Waals surface area (Å²) in [4.78, 5) is 15.1. The van der Waals surface area contributed by atoms with Gasteiger partial charge in [-0.3, -0.25) is 4.98 Å². The number of hydrogen-bond acceptors (Lipinski definition) is 2. The van der Waals surface area contributed by atoms with Crippen LogP contribution in [0, 0.1) is 6.92 Å². The van der Waals surface area contributed by atoms with Gasteiger partial charge in [0.1, 0.15) is 0 Å². The largest absolute Gasteiger partial charge is 0.478 e. The number of nitrogens with zero attached hydrogens (tertiary/aromatic N) is 1. The number of aliphatic carboxylic acids is 1. The van der Waals surface area contributed by atoms with Crippen molar-refractivity contribution < 1.29 is 9.90 Å². The molecule has 0 aliphatic rings. The van der Waals surface area contributed by atoms with Gasteiger partial charge in [0, 0.05) is 23.5 Å². The molecule has 3 nitrogen and oxygen atoms in total. The van der Waals surface area contributed by atoms with Crippen LogP contribution in [-0.2, 0) is 4.79 Å². The molecule has 0 saturated heterocycles. The summed E-state index contributed by atoms with van der Waals surface area (Å²) in [6.45, 7) is 1.90. The Kier molecular flexibility index (Phi) is 3.53. The fourth-order valence-electron chi connectivity index (χ4n) is 1.70. The number of benzene rings is 1. The summed E-state index contributed by atoms with van der Waals surface area (Å²) in [5, 5.41) is 8.96. The molecule has 1 heterocycles. The monoisotopic (exact) mass is 239 g/mol. The first kappa shape index (κ1) is 12.0. The van der Waals surface area contributed by atoms with Crippen LogP contribution in [0.5, 0.6) is 0 Å². The molecule has 0 aliphatic heterocycles. The standard InChI is InChI=1S/C15H13NO2/c1-11-7-8-13(10-16-11)14(9-15(17)18)12-5-3-2-4-6-12/h2-10H,1H3,(H,17,18). The number of aryl methyl sites for hydroxylation is 1. The molecule has 90 valence electrons. The third-order valence-electron chi connectivity index (χ3n) is 2.57. The molecule has 1 aromatic heterocycles. The van der Waals surface area contributed by atoms with Gasteiger partial charge in [0.2, 0.25) is 0 Å². The summed E-state index contributed by atoms with van der Waals surface area (Å²) in [7, 11) is 0. The summed E-state index contributed by atoms with van der Waals surface area (Å²) >= 11 is 0. The average Bonchev–Trinajstić information content (AvgIpc) is 2.38. The Morgan fingerprint density at radius 1 is 1.11 bits per heavy atom. The normalized spacial score (nSPS) is 11.3. The lowest BCUT2D eigenvalue weighted by atomic mass is 9.99. The highest BCUT2D eigenvalue weighted by Gasteiger charge is 2.07. The van der Waals surface area contributed by atoms with Crippen LogP contribution < -0.4 is 0 Å². The Balaban J connectivity index is 2.51. The second-order valence-corrected chi connectivity index (χ2v) is 3.95. The van der Waals surface area contributed by atoms with E-state index in [0.29, 0.717) is 5.57 Å². The smallest absolute Gasteiger partial charge is 0.328 e. The topological polar surface area (TPSA) is 50.2 Å². The number of carboxylic acids is 1. The van der Waals surface area contributed by atoms with Gasteiger partial charge in [0.15, 0.2) is 0 Å². The number of hydrogen-bond donors (Lipinski definition) is 1. The zero-order valence-corrected chi connectivity index (χ0v) is 10.00. The second kappa shape index (κ2) is 5.27. The van der Waals surface area contributed by atoms with Gasteiger partial charge in [-0.05, 0) is 24.1 Å². The van der Waals surface area contributed by atoms with Crippen LogP contribution in [0.2, 0.25) is 0 Å². The van der Waals surface area contributed by atoms with Gasteiger partial charge in [-0.15, -0.1) is 0 Å². The average molecular weight is 239 g/mol. The molecule has 0 atom stereocenters. The van der Waals surface area contributed by atoms with E-state index in [1.54, 1.807) is 6.20 Å². The van der Waals surface area contributed by atoms with Gasteiger partial charge >= 0.3 is 5.97 Å². The minimum Gasteiger partial charge on any atom is -0.478 e. The van der Waals surface area contributed by atoms with Crippen molar-refractivity contribution in [2.75, 3.05) is 0 Å². The van der Waals surface area contributed by atoms with Gasteiger partial charge < -0.3 is 5.11 Å². The molecular formula is C15H13NO2. The number of aromatic nitrogens is 1. The van der Waals surface area contributed by atoms with Crippen molar-refractivity contribution in [1.82, 2.24) is 4.98 Å². The first-order valence-electron chi connectivity index (χ1n) is 5.60. The van der Waals surface area contributed by atoms with Gasteiger partial charge in [0.25, 0.3) is 0 Å². The second-order valence-electron chi connectivity index (χ2n) is 3.95. The highest BCUT2D eigenvalue weighted by molar-refractivity contribution is 5.95. The molecule has 0 amide bonds. The summed E-state index contributed by atoms with van der Waals surface area (Å²) in [5.74, 6) is -0.963. The Hall–Kier alpha value is -2.42. The van der Waals surface area contributed by atoms with Gasteiger partial charge in [-0.1, -0.05) is 36.4 Å². The highest BCUT2D eigenvalue weighted by Crippen LogP contribution is 2.22. The molecule has 18 heavy (non-hydrogen) atoms. The van der Waals surface area contributed by atoms with E-state index in [2.05, 4.69) is 4.98 Å². The lowest BCUT2D eigenvalue weighted by molar-refractivity contribution is -0.131. The molecule has 0 aliphatic carbocycles. The summed E-state index contributed by atoms with van der Waals surface area (Å²) in [6.07, 6.45) is 2.90. The van der Waals surface area contributed by atoms with E-state index in [0.717, 1.165) is 16.8 Å². The Labute approximate surface area is 105 Å². The van der Waals surface area contributed by atoms with Crippen molar-refractivity contribution in [3.8, 4) is 0 Å². The number of carboxylic acid groups (broad SMARTS) is 1. The summed E-state index contributed by atoms with van der Waals surface area (Å²) in [6, 6.07) is 13.2. The molecule has 1 aromatic carbocycles. The van der Waals surface area contributed by atoms with Crippen LogP contribution in [0.1, 0.15) is 16.8 Å². The first-order chi connectivity index (χ1) is 8.66. The van der Waals surface area contributed by atoms with Crippen molar-refractivity contribution >= 4 is 11.5 Å². The van der Waals surface area contributed by atoms with Crippen LogP contribution in [0.25, 0.3) is 5.57 Å². The van der Waals surface area contributed by atoms with E-state index in [1.807, 2.05) is 49.4 Å². The van der Waals surface area contributed by atoms with Crippen molar-refractivity contribution in [1.29, 1.82) is 0 Å². The number of carbonyl (C=O) groups is 1. The Bertz CT molecular complexity index is 571. The molecule has 0 radical (unpaired) electrons. The predicted octanol–water partition coefficient (Wildman–Crippen LogP) is 2.91. The van der Waals surface area contributed by atoms with Crippen LogP contribution in [0.4, 0.5) is 0 Å². The zero-order valence-electron chi connectivity index (χ0n) is 10.00. The molecule has 0 bridgehead atoms. The van der Waals surface area contributed by atoms with E-state index in [9.17, 15) is 4.79 Å². The SMILES string of the molecule is Cc1ccc(C(=CC(=O)O)c2ccccc2)cn1. The molecule has 0 spiro atoms. The minimum absolute atomic E-state index is 0.663. The van der Waals surface area contributed by atoms with Crippen LogP contribution in [-0.4, -0.2) is 16.1 Å². The molecule has 2 rings (SSSR count). The van der Waals surface area contributed by atoms with Gasteiger partial charge in [0.05, 0.1) is 0 Å². The van der Waals surface area contributed by atoms with E-state index >= 15 is 0 Å². The lowest BCUT2D eigenvalue weighted by Gasteiger charge is -2.07. The summed E-state index contributed by atoms with van der Waals surface area (Å²) < 4.78 is 0. The molecule has 2 aromatic rings. The third kappa shape index (κ3) is 2.83. The maximum atomic E-state index is 10.9. The molecule has 3 heteroatoms. The molecular weight excluding hydrogens is 226 g/mol. The predicted molar refractivity (Wildman–Crippen MR) is 70.1 cm³/mol. The fraction of sp³-hybridized carbons (Fsp3) is 0.0667. The third-order valence-corrected chi connectivity index (χ3v) is 2.57.